The van der Waals surface area contributed by atoms with Gasteiger partial charge in [0.05, 0.1) is 27.1 Å². The second kappa shape index (κ2) is 5.97. The first-order chi connectivity index (χ1) is 5.33. The van der Waals surface area contributed by atoms with E-state index in [0.717, 1.165) is 11.0 Å². The summed E-state index contributed by atoms with van der Waals surface area (Å²) in [5, 5.41) is 0. The van der Waals surface area contributed by atoms with Crippen molar-refractivity contribution in [2.75, 3.05) is 34.3 Å². The summed E-state index contributed by atoms with van der Waals surface area (Å²) in [6, 6.07) is 0. The topological polar surface area (TPSA) is 26.3 Å². The van der Waals surface area contributed by atoms with Crippen LogP contribution in [0.15, 0.2) is 0 Å². The average molecular weight is 189 g/mol. The van der Waals surface area contributed by atoms with Crippen molar-refractivity contribution in [3.63, 3.8) is 0 Å². The molecular formula is C10H23NO2. The zero-order valence-corrected chi connectivity index (χ0v) is 9.76. The summed E-state index contributed by atoms with van der Waals surface area (Å²) < 4.78 is 5.85. The maximum atomic E-state index is 11.0. The van der Waals surface area contributed by atoms with Crippen LogP contribution in [0.4, 0.5) is 0 Å². The predicted molar refractivity (Wildman–Crippen MR) is 55.1 cm³/mol. The van der Waals surface area contributed by atoms with Gasteiger partial charge in [-0.1, -0.05) is 13.8 Å². The van der Waals surface area contributed by atoms with Gasteiger partial charge in [0.1, 0.15) is 13.2 Å². The fraction of sp³-hybridized carbons (Fsp3) is 0.800. The molecule has 0 amide bonds. The summed E-state index contributed by atoms with van der Waals surface area (Å²) in [5.41, 5.74) is 0. The van der Waals surface area contributed by atoms with Gasteiger partial charge in [-0.15, -0.1) is 0 Å². The van der Waals surface area contributed by atoms with E-state index in [1.807, 2.05) is 13.8 Å². The number of esters is 1. The van der Waals surface area contributed by atoms with E-state index in [0.29, 0.717) is 6.61 Å². The predicted octanol–water partition coefficient (Wildman–Crippen LogP) is 1.34. The molecule has 0 bridgehead atoms. The van der Waals surface area contributed by atoms with Crippen LogP contribution >= 0.6 is 0 Å². The summed E-state index contributed by atoms with van der Waals surface area (Å²) in [7, 11) is 6.22. The highest BCUT2D eigenvalue weighted by Crippen LogP contribution is 1.96. The van der Waals surface area contributed by atoms with Gasteiger partial charge in [0, 0.05) is 0 Å². The van der Waals surface area contributed by atoms with E-state index in [-0.39, 0.29) is 19.3 Å². The smallest absolute Gasteiger partial charge is 0.308 e. The average Bonchev–Trinajstić information content (AvgIpc) is 1.84. The quantitative estimate of drug-likeness (QED) is 0.379. The number of hydrogen-bond donors (Lipinski definition) is 0. The lowest BCUT2D eigenvalue weighted by atomic mass is 10.2. The van der Waals surface area contributed by atoms with Crippen molar-refractivity contribution in [3.05, 3.63) is 7.43 Å². The fourth-order valence-corrected chi connectivity index (χ4v) is 0.587. The number of ether oxygens (including phenoxy) is 1. The Morgan fingerprint density at radius 2 is 1.77 bits per heavy atom. The molecule has 0 spiro atoms. The summed E-state index contributed by atoms with van der Waals surface area (Å²) >= 11 is 0. The Kier molecular flexibility index (Phi) is 6.86. The molecule has 0 radical (unpaired) electrons. The van der Waals surface area contributed by atoms with E-state index >= 15 is 0 Å². The molecule has 0 fully saturated rings. The molecule has 80 valence electrons. The molecular weight excluding hydrogens is 166 g/mol. The van der Waals surface area contributed by atoms with E-state index in [1.165, 1.54) is 0 Å². The number of quaternary nitrogens is 1. The monoisotopic (exact) mass is 189 g/mol. The van der Waals surface area contributed by atoms with Crippen LogP contribution in [0, 0.1) is 13.3 Å². The molecule has 0 aromatic rings. The van der Waals surface area contributed by atoms with Gasteiger partial charge in [-0.05, 0) is 0 Å². The first-order valence-electron chi connectivity index (χ1n) is 4.30. The molecule has 0 heterocycles. The highest BCUT2D eigenvalue weighted by Gasteiger charge is 2.11. The van der Waals surface area contributed by atoms with Crippen molar-refractivity contribution in [3.8, 4) is 0 Å². The molecule has 0 saturated heterocycles. The lowest BCUT2D eigenvalue weighted by Crippen LogP contribution is -2.38. The molecule has 0 saturated carbocycles. The Morgan fingerprint density at radius 3 is 2.08 bits per heavy atom. The van der Waals surface area contributed by atoms with Crippen LogP contribution in [0.1, 0.15) is 13.8 Å². The molecule has 0 aromatic carbocycles. The number of nitrogens with zero attached hydrogens (tertiary/aromatic N) is 1. The van der Waals surface area contributed by atoms with Crippen LogP contribution in [0.5, 0.6) is 0 Å². The Labute approximate surface area is 82.3 Å². The lowest BCUT2D eigenvalue weighted by Gasteiger charge is -2.23. The van der Waals surface area contributed by atoms with Crippen LogP contribution in [-0.4, -0.2) is 44.7 Å². The molecule has 3 nitrogen and oxygen atoms in total. The fourth-order valence-electron chi connectivity index (χ4n) is 0.587. The van der Waals surface area contributed by atoms with Crippen molar-refractivity contribution >= 4 is 5.97 Å². The standard InChI is InChI=1S/C9H20NO2.CH3/c1-8(2)9(11)12-7-6-10(3,4)5;/h8H,6-7H2,1-5H3;1H3/q+1;-1. The molecule has 0 aliphatic rings. The van der Waals surface area contributed by atoms with E-state index < -0.39 is 0 Å². The van der Waals surface area contributed by atoms with Gasteiger partial charge in [-0.25, -0.2) is 0 Å². The Balaban J connectivity index is 0. The van der Waals surface area contributed by atoms with Gasteiger partial charge in [0.25, 0.3) is 0 Å². The second-order valence-corrected chi connectivity index (χ2v) is 4.34. The van der Waals surface area contributed by atoms with Crippen molar-refractivity contribution in [2.45, 2.75) is 13.8 Å². The van der Waals surface area contributed by atoms with E-state index in [9.17, 15) is 4.79 Å². The van der Waals surface area contributed by atoms with Gasteiger partial charge in [-0.3, -0.25) is 4.79 Å². The minimum atomic E-state index is -0.108. The largest absolute Gasteiger partial charge is 0.459 e. The van der Waals surface area contributed by atoms with Crippen LogP contribution in [0.2, 0.25) is 0 Å². The molecule has 0 aliphatic carbocycles. The molecule has 3 heteroatoms. The normalized spacial score (nSPS) is 10.9. The molecule has 0 aliphatic heterocycles. The molecule has 0 N–H and O–H groups in total. The Morgan fingerprint density at radius 1 is 1.31 bits per heavy atom. The molecule has 13 heavy (non-hydrogen) atoms. The minimum absolute atomic E-state index is 0. The third kappa shape index (κ3) is 9.34. The highest BCUT2D eigenvalue weighted by molar-refractivity contribution is 5.71. The zero-order valence-electron chi connectivity index (χ0n) is 9.76. The summed E-state index contributed by atoms with van der Waals surface area (Å²) in [5.74, 6) is -0.124. The van der Waals surface area contributed by atoms with Gasteiger partial charge in [0.15, 0.2) is 0 Å². The lowest BCUT2D eigenvalue weighted by molar-refractivity contribution is -0.870. The minimum Gasteiger partial charge on any atom is -0.459 e. The number of likely N-dealkylation sites (N-methyl/N-ethyl adjacent to an activating group) is 1. The van der Waals surface area contributed by atoms with Crippen LogP contribution in [0.3, 0.4) is 0 Å². The second-order valence-electron chi connectivity index (χ2n) is 4.34. The zero-order chi connectivity index (χ0) is 9.78. The maximum absolute atomic E-state index is 11.0. The molecule has 0 aromatic heterocycles. The third-order valence-corrected chi connectivity index (χ3v) is 1.48. The summed E-state index contributed by atoms with van der Waals surface area (Å²) in [6.07, 6.45) is 0. The van der Waals surface area contributed by atoms with Crippen molar-refractivity contribution in [1.29, 1.82) is 0 Å². The highest BCUT2D eigenvalue weighted by atomic mass is 16.5. The SMILES string of the molecule is CC(C)C(=O)OCC[N+](C)(C)C.[CH3-]. The molecule has 0 unspecified atom stereocenters. The van der Waals surface area contributed by atoms with Crippen LogP contribution in [-0.2, 0) is 9.53 Å². The first-order valence-corrected chi connectivity index (χ1v) is 4.30. The van der Waals surface area contributed by atoms with Crippen molar-refractivity contribution < 1.29 is 14.0 Å². The summed E-state index contributed by atoms with van der Waals surface area (Å²) in [6.45, 7) is 5.06. The van der Waals surface area contributed by atoms with Crippen molar-refractivity contribution in [1.82, 2.24) is 0 Å². The summed E-state index contributed by atoms with van der Waals surface area (Å²) in [4.78, 5) is 11.0. The number of rotatable bonds is 4. The number of carbonyl (C=O) groups is 1. The van der Waals surface area contributed by atoms with E-state index in [2.05, 4.69) is 21.1 Å². The number of hydrogen-bond acceptors (Lipinski definition) is 2. The van der Waals surface area contributed by atoms with Gasteiger partial charge in [-0.2, -0.15) is 0 Å². The molecule has 0 atom stereocenters. The maximum Gasteiger partial charge on any atom is 0.308 e. The first kappa shape index (κ1) is 14.9. The van der Waals surface area contributed by atoms with Gasteiger partial charge in [0.2, 0.25) is 0 Å². The number of carbonyl (C=O) groups excluding carboxylic acids is 1. The van der Waals surface area contributed by atoms with Gasteiger partial charge >= 0.3 is 5.97 Å². The Bertz CT molecular complexity index is 147. The third-order valence-electron chi connectivity index (χ3n) is 1.48. The van der Waals surface area contributed by atoms with E-state index in [4.69, 9.17) is 4.74 Å². The Hall–Kier alpha value is -0.570. The van der Waals surface area contributed by atoms with Crippen LogP contribution < -0.4 is 0 Å². The molecule has 0 rings (SSSR count). The van der Waals surface area contributed by atoms with Crippen LogP contribution in [0.25, 0.3) is 0 Å². The van der Waals surface area contributed by atoms with E-state index in [1.54, 1.807) is 0 Å². The van der Waals surface area contributed by atoms with Crippen molar-refractivity contribution in [2.24, 2.45) is 5.92 Å². The van der Waals surface area contributed by atoms with Gasteiger partial charge < -0.3 is 16.6 Å².